The highest BCUT2D eigenvalue weighted by Gasteiger charge is 2.30. The van der Waals surface area contributed by atoms with Crippen LogP contribution in [0.3, 0.4) is 0 Å². The first-order valence-electron chi connectivity index (χ1n) is 8.52. The molecule has 0 aliphatic rings. The molecular formula is C19H20ClN3O5S. The molecule has 1 unspecified atom stereocenters. The molecule has 0 saturated carbocycles. The molecular weight excluding hydrogens is 418 g/mol. The normalized spacial score (nSPS) is 12.0. The fourth-order valence-corrected chi connectivity index (χ4v) is 3.48. The number of nitrogens with one attached hydrogen (secondary N) is 3. The molecule has 0 heterocycles. The smallest absolute Gasteiger partial charge is 0.242 e. The monoisotopic (exact) mass is 437 g/mol. The van der Waals surface area contributed by atoms with Crippen LogP contribution in [0.15, 0.2) is 48.5 Å². The first-order valence-corrected chi connectivity index (χ1v) is 10.6. The summed E-state index contributed by atoms with van der Waals surface area (Å²) in [6, 6.07) is 12.4. The number of amides is 3. The van der Waals surface area contributed by atoms with Crippen molar-refractivity contribution in [2.75, 3.05) is 21.7 Å². The Labute approximate surface area is 173 Å². The van der Waals surface area contributed by atoms with Gasteiger partial charge in [-0.05, 0) is 55.5 Å². The number of hydrogen-bond acceptors (Lipinski definition) is 5. The second-order valence-electron chi connectivity index (χ2n) is 6.25. The Bertz CT molecular complexity index is 1010. The lowest BCUT2D eigenvalue weighted by molar-refractivity contribution is -0.116. The van der Waals surface area contributed by atoms with Crippen molar-refractivity contribution < 1.29 is 22.8 Å². The summed E-state index contributed by atoms with van der Waals surface area (Å²) in [6.45, 7) is 2.58. The van der Waals surface area contributed by atoms with Gasteiger partial charge in [0.15, 0.2) is 9.84 Å². The fraction of sp³-hybridized carbons (Fsp3) is 0.211. The molecule has 1 atom stereocenters. The third-order valence-electron chi connectivity index (χ3n) is 3.84. The predicted molar refractivity (Wildman–Crippen MR) is 113 cm³/mol. The largest absolute Gasteiger partial charge is 0.326 e. The SMILES string of the molecule is CC(=O)Nc1ccc(NC(=O)C(C)S(=O)(=O)CC(=O)Nc2ccc(Cl)cc2)cc1. The molecule has 2 aromatic rings. The van der Waals surface area contributed by atoms with Crippen LogP contribution < -0.4 is 16.0 Å². The minimum absolute atomic E-state index is 0.238. The van der Waals surface area contributed by atoms with E-state index in [0.29, 0.717) is 22.1 Å². The number of halogens is 1. The van der Waals surface area contributed by atoms with Crippen molar-refractivity contribution in [2.24, 2.45) is 0 Å². The summed E-state index contributed by atoms with van der Waals surface area (Å²) in [7, 11) is -4.04. The zero-order valence-corrected chi connectivity index (χ0v) is 17.3. The zero-order valence-electron chi connectivity index (χ0n) is 15.7. The molecule has 0 spiro atoms. The Morgan fingerprint density at radius 3 is 1.83 bits per heavy atom. The van der Waals surface area contributed by atoms with Crippen molar-refractivity contribution in [3.63, 3.8) is 0 Å². The Morgan fingerprint density at radius 1 is 0.862 bits per heavy atom. The van der Waals surface area contributed by atoms with E-state index in [2.05, 4.69) is 16.0 Å². The van der Waals surface area contributed by atoms with Gasteiger partial charge in [0.25, 0.3) is 0 Å². The van der Waals surface area contributed by atoms with E-state index in [1.54, 1.807) is 24.3 Å². The average Bonchev–Trinajstić information content (AvgIpc) is 2.63. The number of benzene rings is 2. The van der Waals surface area contributed by atoms with Gasteiger partial charge in [-0.15, -0.1) is 0 Å². The summed E-state index contributed by atoms with van der Waals surface area (Å²) in [5.74, 6) is -2.60. The highest BCUT2D eigenvalue weighted by molar-refractivity contribution is 7.93. The molecule has 3 N–H and O–H groups in total. The van der Waals surface area contributed by atoms with Gasteiger partial charge in [-0.25, -0.2) is 8.42 Å². The maximum Gasteiger partial charge on any atom is 0.242 e. The van der Waals surface area contributed by atoms with Gasteiger partial charge in [-0.3, -0.25) is 14.4 Å². The Hall–Kier alpha value is -2.91. The lowest BCUT2D eigenvalue weighted by atomic mass is 10.2. The molecule has 29 heavy (non-hydrogen) atoms. The minimum atomic E-state index is -4.04. The van der Waals surface area contributed by atoms with Gasteiger partial charge in [0.1, 0.15) is 11.0 Å². The van der Waals surface area contributed by atoms with Gasteiger partial charge >= 0.3 is 0 Å². The molecule has 0 radical (unpaired) electrons. The van der Waals surface area contributed by atoms with Crippen LogP contribution in [-0.4, -0.2) is 37.1 Å². The van der Waals surface area contributed by atoms with Crippen molar-refractivity contribution in [2.45, 2.75) is 19.1 Å². The molecule has 154 valence electrons. The van der Waals surface area contributed by atoms with Gasteiger partial charge in [-0.1, -0.05) is 11.6 Å². The summed E-state index contributed by atoms with van der Waals surface area (Å²) < 4.78 is 24.8. The molecule has 0 bridgehead atoms. The number of carbonyl (C=O) groups is 3. The van der Waals surface area contributed by atoms with Gasteiger partial charge < -0.3 is 16.0 Å². The number of carbonyl (C=O) groups excluding carboxylic acids is 3. The van der Waals surface area contributed by atoms with Crippen molar-refractivity contribution in [1.82, 2.24) is 0 Å². The lowest BCUT2D eigenvalue weighted by Gasteiger charge is -2.14. The van der Waals surface area contributed by atoms with E-state index in [0.717, 1.165) is 0 Å². The fourth-order valence-electron chi connectivity index (χ4n) is 2.29. The first-order chi connectivity index (χ1) is 13.6. The third-order valence-corrected chi connectivity index (χ3v) is 6.05. The predicted octanol–water partition coefficient (Wildman–Crippen LogP) is 2.68. The molecule has 0 aliphatic carbocycles. The number of hydrogen-bond donors (Lipinski definition) is 3. The minimum Gasteiger partial charge on any atom is -0.326 e. The van der Waals surface area contributed by atoms with Crippen molar-refractivity contribution in [3.05, 3.63) is 53.6 Å². The second-order valence-corrected chi connectivity index (χ2v) is 9.01. The average molecular weight is 438 g/mol. The van der Waals surface area contributed by atoms with Gasteiger partial charge in [-0.2, -0.15) is 0 Å². The highest BCUT2D eigenvalue weighted by atomic mass is 35.5. The first kappa shape index (κ1) is 22.4. The third kappa shape index (κ3) is 6.88. The maximum atomic E-state index is 12.4. The van der Waals surface area contributed by atoms with E-state index in [-0.39, 0.29) is 5.91 Å². The van der Waals surface area contributed by atoms with Crippen molar-refractivity contribution >= 4 is 56.2 Å². The second kappa shape index (κ2) is 9.53. The van der Waals surface area contributed by atoms with Crippen LogP contribution in [0.5, 0.6) is 0 Å². The van der Waals surface area contributed by atoms with Crippen LogP contribution in [0.1, 0.15) is 13.8 Å². The standard InChI is InChI=1S/C19H20ClN3O5S/c1-12(19(26)23-17-9-7-15(8-10-17)21-13(2)24)29(27,28)11-18(25)22-16-5-3-14(20)4-6-16/h3-10,12H,11H2,1-2H3,(H,21,24)(H,22,25)(H,23,26). The van der Waals surface area contributed by atoms with E-state index in [9.17, 15) is 22.8 Å². The van der Waals surface area contributed by atoms with E-state index < -0.39 is 32.7 Å². The summed E-state index contributed by atoms with van der Waals surface area (Å²) in [6.07, 6.45) is 0. The van der Waals surface area contributed by atoms with Crippen molar-refractivity contribution in [3.8, 4) is 0 Å². The summed E-state index contributed by atoms with van der Waals surface area (Å²) in [5.41, 5.74) is 1.29. The number of anilines is 3. The molecule has 3 amide bonds. The van der Waals surface area contributed by atoms with Crippen LogP contribution in [0.2, 0.25) is 5.02 Å². The van der Waals surface area contributed by atoms with E-state index in [1.165, 1.54) is 38.1 Å². The maximum absolute atomic E-state index is 12.4. The van der Waals surface area contributed by atoms with Gasteiger partial charge in [0, 0.05) is 29.0 Å². The molecule has 10 heteroatoms. The quantitative estimate of drug-likeness (QED) is 0.614. The topological polar surface area (TPSA) is 121 Å². The molecule has 0 aromatic heterocycles. The molecule has 2 rings (SSSR count). The number of rotatable bonds is 7. The molecule has 2 aromatic carbocycles. The zero-order chi connectivity index (χ0) is 21.6. The van der Waals surface area contributed by atoms with Crippen LogP contribution in [0, 0.1) is 0 Å². The van der Waals surface area contributed by atoms with Gasteiger partial charge in [0.2, 0.25) is 17.7 Å². The lowest BCUT2D eigenvalue weighted by Crippen LogP contribution is -2.37. The van der Waals surface area contributed by atoms with Crippen LogP contribution in [-0.2, 0) is 24.2 Å². The van der Waals surface area contributed by atoms with E-state index in [1.807, 2.05) is 0 Å². The molecule has 8 nitrogen and oxygen atoms in total. The highest BCUT2D eigenvalue weighted by Crippen LogP contribution is 2.16. The summed E-state index contributed by atoms with van der Waals surface area (Å²) in [5, 5.41) is 6.55. The molecule has 0 aliphatic heterocycles. The summed E-state index contributed by atoms with van der Waals surface area (Å²) in [4.78, 5) is 35.3. The van der Waals surface area contributed by atoms with E-state index in [4.69, 9.17) is 11.6 Å². The number of sulfone groups is 1. The van der Waals surface area contributed by atoms with Crippen molar-refractivity contribution in [1.29, 1.82) is 0 Å². The summed E-state index contributed by atoms with van der Waals surface area (Å²) >= 11 is 5.76. The van der Waals surface area contributed by atoms with E-state index >= 15 is 0 Å². The Morgan fingerprint density at radius 2 is 1.31 bits per heavy atom. The Kier molecular flexibility index (Phi) is 7.35. The molecule has 0 saturated heterocycles. The molecule has 0 fully saturated rings. The van der Waals surface area contributed by atoms with Crippen LogP contribution in [0.25, 0.3) is 0 Å². The Balaban J connectivity index is 1.96. The van der Waals surface area contributed by atoms with Gasteiger partial charge in [0.05, 0.1) is 0 Å². The van der Waals surface area contributed by atoms with Crippen LogP contribution in [0.4, 0.5) is 17.1 Å². The van der Waals surface area contributed by atoms with Crippen LogP contribution >= 0.6 is 11.6 Å².